The summed E-state index contributed by atoms with van der Waals surface area (Å²) in [5.41, 5.74) is 12.4. The fourth-order valence-electron chi connectivity index (χ4n) is 9.26. The largest absolute Gasteiger partial charge is 0.451 e. The molecule has 0 amide bonds. The van der Waals surface area contributed by atoms with Crippen LogP contribution in [0.25, 0.3) is 43.4 Å². The van der Waals surface area contributed by atoms with Gasteiger partial charge in [-0.05, 0) is 110 Å². The van der Waals surface area contributed by atoms with Crippen LogP contribution in [-0.4, -0.2) is 0 Å². The lowest BCUT2D eigenvalue weighted by Gasteiger charge is -2.46. The molecule has 3 heteroatoms. The Kier molecular flexibility index (Phi) is 6.81. The number of anilines is 6. The predicted octanol–water partition coefficient (Wildman–Crippen LogP) is 14.8. The molecule has 0 aliphatic carbocycles. The van der Waals surface area contributed by atoms with Gasteiger partial charge in [-0.25, -0.2) is 0 Å². The summed E-state index contributed by atoms with van der Waals surface area (Å²) < 4.78 is 7.19. The molecule has 0 aromatic heterocycles. The van der Waals surface area contributed by atoms with Gasteiger partial charge in [-0.1, -0.05) is 147 Å². The molecule has 0 unspecified atom stereocenters. The predicted molar refractivity (Wildman–Crippen MR) is 231 cm³/mol. The molecule has 2 aliphatic heterocycles. The van der Waals surface area contributed by atoms with Crippen LogP contribution in [0.1, 0.15) is 30.5 Å². The van der Waals surface area contributed by atoms with Crippen molar-refractivity contribution in [1.29, 1.82) is 0 Å². The van der Waals surface area contributed by atoms with Crippen LogP contribution in [0.4, 0.5) is 34.1 Å². The van der Waals surface area contributed by atoms with Crippen LogP contribution >= 0.6 is 0 Å². The minimum Gasteiger partial charge on any atom is -0.451 e. The third-order valence-electron chi connectivity index (χ3n) is 11.9. The number of hydrogen-bond donors (Lipinski definition) is 0. The van der Waals surface area contributed by atoms with Crippen molar-refractivity contribution in [3.8, 4) is 22.6 Å². The molecule has 0 bridgehead atoms. The molecule has 0 atom stereocenters. The summed E-state index contributed by atoms with van der Waals surface area (Å²) in [6, 6.07) is 63.9. The monoisotopic (exact) mass is 706 g/mol. The van der Waals surface area contributed by atoms with Gasteiger partial charge in [0.25, 0.3) is 0 Å². The zero-order valence-electron chi connectivity index (χ0n) is 31.0. The quantitative estimate of drug-likeness (QED) is 0.169. The van der Waals surface area contributed by atoms with Crippen molar-refractivity contribution in [2.24, 2.45) is 0 Å². The van der Waals surface area contributed by atoms with E-state index in [-0.39, 0.29) is 5.41 Å². The maximum atomic E-state index is 7.19. The van der Waals surface area contributed by atoms with Gasteiger partial charge >= 0.3 is 0 Å². The topological polar surface area (TPSA) is 15.7 Å². The average Bonchev–Trinajstić information content (AvgIpc) is 3.23. The van der Waals surface area contributed by atoms with Gasteiger partial charge in [-0.2, -0.15) is 0 Å². The highest BCUT2D eigenvalue weighted by atomic mass is 16.5. The standard InChI is InChI=1S/C52H38N2O/c1-33-14-13-23-48-49(33)54-46-22-12-11-21-44(46)52(2,3)45-30-31-47(51(55-48)50(45)54)53(36-26-24-35(25-27-36)34-15-5-4-6-16-34)37-28-29-42-40-19-8-7-17-38(40)39-18-9-10-20-41(39)43(42)32-37/h4-32H,1-3H3. The Hall–Kier alpha value is -6.84. The fraction of sp³-hybridized carbons (Fsp3) is 0.0769. The number of nitrogens with zero attached hydrogens (tertiary/aromatic N) is 2. The molecule has 9 aromatic carbocycles. The van der Waals surface area contributed by atoms with Crippen molar-refractivity contribution in [1.82, 2.24) is 0 Å². The fourth-order valence-corrected chi connectivity index (χ4v) is 9.26. The average molecular weight is 707 g/mol. The van der Waals surface area contributed by atoms with Gasteiger partial charge in [0.1, 0.15) is 0 Å². The van der Waals surface area contributed by atoms with Crippen LogP contribution in [0.3, 0.4) is 0 Å². The minimum atomic E-state index is -0.246. The van der Waals surface area contributed by atoms with Crippen molar-refractivity contribution in [3.63, 3.8) is 0 Å². The van der Waals surface area contributed by atoms with Crippen molar-refractivity contribution < 1.29 is 4.74 Å². The van der Waals surface area contributed by atoms with Crippen LogP contribution in [-0.2, 0) is 5.41 Å². The summed E-state index contributed by atoms with van der Waals surface area (Å²) in [4.78, 5) is 4.85. The lowest BCUT2D eigenvalue weighted by molar-refractivity contribution is 0.472. The first-order valence-electron chi connectivity index (χ1n) is 19.1. The van der Waals surface area contributed by atoms with E-state index in [1.54, 1.807) is 0 Å². The molecular weight excluding hydrogens is 669 g/mol. The molecular formula is C52H38N2O. The number of aryl methyl sites for hydroxylation is 1. The SMILES string of the molecule is Cc1cccc2c1N1c3ccccc3C(C)(C)c3ccc(N(c4ccc(-c5ccccc5)cc4)c4ccc5c6ccccc6c6ccccc6c5c4)c(c31)O2. The third kappa shape index (κ3) is 4.63. The van der Waals surface area contributed by atoms with E-state index < -0.39 is 0 Å². The molecule has 0 spiro atoms. The zero-order valence-corrected chi connectivity index (χ0v) is 31.0. The van der Waals surface area contributed by atoms with Crippen LogP contribution in [0.5, 0.6) is 11.5 Å². The number of benzene rings is 9. The molecule has 2 aliphatic rings. The second kappa shape index (κ2) is 11.8. The van der Waals surface area contributed by atoms with Gasteiger partial charge < -0.3 is 14.5 Å². The van der Waals surface area contributed by atoms with E-state index >= 15 is 0 Å². The second-order valence-electron chi connectivity index (χ2n) is 15.4. The van der Waals surface area contributed by atoms with Crippen LogP contribution in [0.2, 0.25) is 0 Å². The molecule has 9 aromatic rings. The number of rotatable bonds is 4. The molecule has 11 rings (SSSR count). The molecule has 2 heterocycles. The Morgan fingerprint density at radius 3 is 1.80 bits per heavy atom. The van der Waals surface area contributed by atoms with E-state index in [9.17, 15) is 0 Å². The van der Waals surface area contributed by atoms with E-state index in [4.69, 9.17) is 4.74 Å². The normalized spacial score (nSPS) is 13.6. The summed E-state index contributed by atoms with van der Waals surface area (Å²) in [6.07, 6.45) is 0. The number of ether oxygens (including phenoxy) is 1. The Labute approximate surface area is 321 Å². The van der Waals surface area contributed by atoms with Crippen molar-refractivity contribution in [2.45, 2.75) is 26.2 Å². The Bertz CT molecular complexity index is 2960. The molecule has 0 fully saturated rings. The molecule has 0 saturated carbocycles. The summed E-state index contributed by atoms with van der Waals surface area (Å²) in [5.74, 6) is 1.71. The summed E-state index contributed by atoms with van der Waals surface area (Å²) in [7, 11) is 0. The smallest absolute Gasteiger partial charge is 0.175 e. The van der Waals surface area contributed by atoms with Gasteiger partial charge in [0.05, 0.1) is 22.7 Å². The minimum absolute atomic E-state index is 0.246. The Morgan fingerprint density at radius 2 is 1.07 bits per heavy atom. The molecule has 262 valence electrons. The van der Waals surface area contributed by atoms with Crippen molar-refractivity contribution in [3.05, 3.63) is 193 Å². The van der Waals surface area contributed by atoms with E-state index in [1.165, 1.54) is 65.8 Å². The maximum Gasteiger partial charge on any atom is 0.175 e. The van der Waals surface area contributed by atoms with E-state index in [2.05, 4.69) is 206 Å². The van der Waals surface area contributed by atoms with E-state index in [0.717, 1.165) is 39.9 Å². The number of hydrogen-bond acceptors (Lipinski definition) is 3. The molecule has 55 heavy (non-hydrogen) atoms. The Balaban J connectivity index is 1.20. The first-order valence-corrected chi connectivity index (χ1v) is 19.1. The molecule has 0 N–H and O–H groups in total. The van der Waals surface area contributed by atoms with Gasteiger partial charge in [0, 0.05) is 16.8 Å². The maximum absolute atomic E-state index is 7.19. The summed E-state index contributed by atoms with van der Waals surface area (Å²) in [5, 5.41) is 7.51. The van der Waals surface area contributed by atoms with Gasteiger partial charge in [0.2, 0.25) is 0 Å². The third-order valence-corrected chi connectivity index (χ3v) is 11.9. The highest BCUT2D eigenvalue weighted by Crippen LogP contribution is 2.63. The van der Waals surface area contributed by atoms with Crippen LogP contribution < -0.4 is 14.5 Å². The zero-order chi connectivity index (χ0) is 36.8. The highest BCUT2D eigenvalue weighted by molar-refractivity contribution is 6.25. The van der Waals surface area contributed by atoms with E-state index in [0.29, 0.717) is 0 Å². The summed E-state index contributed by atoms with van der Waals surface area (Å²) in [6.45, 7) is 6.86. The van der Waals surface area contributed by atoms with Crippen molar-refractivity contribution in [2.75, 3.05) is 9.80 Å². The molecule has 0 radical (unpaired) electrons. The van der Waals surface area contributed by atoms with Crippen LogP contribution in [0.15, 0.2) is 176 Å². The van der Waals surface area contributed by atoms with Crippen LogP contribution in [0, 0.1) is 6.92 Å². The lowest BCUT2D eigenvalue weighted by Crippen LogP contribution is -2.33. The highest BCUT2D eigenvalue weighted by Gasteiger charge is 2.43. The van der Waals surface area contributed by atoms with Crippen molar-refractivity contribution >= 4 is 66.4 Å². The second-order valence-corrected chi connectivity index (χ2v) is 15.4. The van der Waals surface area contributed by atoms with Gasteiger partial charge in [-0.3, -0.25) is 0 Å². The van der Waals surface area contributed by atoms with E-state index in [1.807, 2.05) is 0 Å². The number of fused-ring (bicyclic) bond motifs is 10. The molecule has 3 nitrogen and oxygen atoms in total. The lowest BCUT2D eigenvalue weighted by atomic mass is 9.73. The molecule has 0 saturated heterocycles. The first kappa shape index (κ1) is 31.7. The summed E-state index contributed by atoms with van der Waals surface area (Å²) >= 11 is 0. The first-order chi connectivity index (χ1) is 27.0. The van der Waals surface area contributed by atoms with Gasteiger partial charge in [-0.15, -0.1) is 0 Å². The number of para-hydroxylation sites is 2. The Morgan fingerprint density at radius 1 is 0.473 bits per heavy atom. The van der Waals surface area contributed by atoms with Gasteiger partial charge in [0.15, 0.2) is 11.5 Å².